The van der Waals surface area contributed by atoms with E-state index < -0.39 is 0 Å². The van der Waals surface area contributed by atoms with E-state index in [9.17, 15) is 0 Å². The zero-order chi connectivity index (χ0) is 18.1. The van der Waals surface area contributed by atoms with Crippen LogP contribution in [0.25, 0.3) is 16.5 Å². The summed E-state index contributed by atoms with van der Waals surface area (Å²) in [6.45, 7) is 12.2. The van der Waals surface area contributed by atoms with Crippen LogP contribution in [-0.2, 0) is 4.74 Å². The molecule has 1 N–H and O–H groups in total. The Morgan fingerprint density at radius 3 is 2.84 bits per heavy atom. The van der Waals surface area contributed by atoms with Crippen molar-refractivity contribution in [2.75, 3.05) is 19.8 Å². The molecule has 0 aliphatic rings. The first-order valence-electron chi connectivity index (χ1n) is 8.85. The second kappa shape index (κ2) is 9.84. The average Bonchev–Trinajstić information content (AvgIpc) is 3.05. The third-order valence-corrected chi connectivity index (χ3v) is 3.87. The van der Waals surface area contributed by atoms with Crippen LogP contribution < -0.4 is 4.74 Å². The van der Waals surface area contributed by atoms with Gasteiger partial charge in [-0.1, -0.05) is 37.3 Å². The number of fused-ring (bicyclic) bond motifs is 1. The van der Waals surface area contributed by atoms with Gasteiger partial charge in [0.2, 0.25) is 0 Å². The van der Waals surface area contributed by atoms with Crippen molar-refractivity contribution in [3.63, 3.8) is 0 Å². The molecule has 2 rings (SSSR count). The van der Waals surface area contributed by atoms with Gasteiger partial charge in [-0.25, -0.2) is 0 Å². The first kappa shape index (κ1) is 19.0. The van der Waals surface area contributed by atoms with E-state index in [1.165, 1.54) is 0 Å². The lowest BCUT2D eigenvalue weighted by Crippen LogP contribution is -2.03. The summed E-state index contributed by atoms with van der Waals surface area (Å²) in [5.41, 5.74) is 4.09. The fraction of sp³-hybridized carbons (Fsp3) is 0.381. The van der Waals surface area contributed by atoms with Crippen molar-refractivity contribution in [2.24, 2.45) is 0 Å². The summed E-state index contributed by atoms with van der Waals surface area (Å²) < 4.78 is 11.3. The molecule has 0 aliphatic heterocycles. The number of allylic oxidation sites excluding steroid dienone is 5. The van der Waals surface area contributed by atoms with Gasteiger partial charge < -0.3 is 9.47 Å². The molecule has 0 spiro atoms. The highest BCUT2D eigenvalue weighted by molar-refractivity contribution is 5.93. The maximum atomic E-state index is 5.86. The zero-order valence-electron chi connectivity index (χ0n) is 15.5. The number of benzene rings is 1. The SMILES string of the molecule is C=C/C(C)=C\C(=C/C)c1n[nH]c2ccc(OCCCOCCC)cc12. The van der Waals surface area contributed by atoms with Crippen molar-refractivity contribution >= 4 is 16.5 Å². The zero-order valence-corrected chi connectivity index (χ0v) is 15.5. The van der Waals surface area contributed by atoms with Crippen molar-refractivity contribution in [1.82, 2.24) is 10.2 Å². The normalized spacial score (nSPS) is 12.6. The molecule has 134 valence electrons. The average molecular weight is 340 g/mol. The molecule has 0 saturated carbocycles. The number of aromatic amines is 1. The smallest absolute Gasteiger partial charge is 0.120 e. The number of nitrogens with one attached hydrogen (secondary N) is 1. The van der Waals surface area contributed by atoms with E-state index >= 15 is 0 Å². The first-order valence-corrected chi connectivity index (χ1v) is 8.85. The predicted octanol–water partition coefficient (Wildman–Crippen LogP) is 5.29. The van der Waals surface area contributed by atoms with Gasteiger partial charge in [0.15, 0.2) is 0 Å². The molecule has 1 aromatic heterocycles. The molecule has 1 aromatic carbocycles. The minimum Gasteiger partial charge on any atom is -0.493 e. The number of H-pyrrole nitrogens is 1. The van der Waals surface area contributed by atoms with Crippen molar-refractivity contribution < 1.29 is 9.47 Å². The van der Waals surface area contributed by atoms with Crippen LogP contribution in [0.4, 0.5) is 0 Å². The highest BCUT2D eigenvalue weighted by Gasteiger charge is 2.10. The van der Waals surface area contributed by atoms with E-state index in [4.69, 9.17) is 9.47 Å². The van der Waals surface area contributed by atoms with Crippen LogP contribution in [0.15, 0.2) is 48.6 Å². The molecule has 0 amide bonds. The number of aromatic nitrogens is 2. The number of rotatable bonds is 10. The van der Waals surface area contributed by atoms with Crippen molar-refractivity contribution in [1.29, 1.82) is 0 Å². The number of ether oxygens (including phenoxy) is 2. The van der Waals surface area contributed by atoms with Crippen molar-refractivity contribution in [3.05, 3.63) is 54.3 Å². The maximum Gasteiger partial charge on any atom is 0.120 e. The second-order valence-electron chi connectivity index (χ2n) is 5.93. The molecule has 4 nitrogen and oxygen atoms in total. The Labute approximate surface area is 150 Å². The summed E-state index contributed by atoms with van der Waals surface area (Å²) in [7, 11) is 0. The van der Waals surface area contributed by atoms with Gasteiger partial charge in [0, 0.05) is 25.0 Å². The van der Waals surface area contributed by atoms with Crippen LogP contribution >= 0.6 is 0 Å². The minimum absolute atomic E-state index is 0.647. The molecule has 0 unspecified atom stereocenters. The second-order valence-corrected chi connectivity index (χ2v) is 5.93. The summed E-state index contributed by atoms with van der Waals surface area (Å²) in [4.78, 5) is 0. The third kappa shape index (κ3) is 5.33. The molecule has 2 aromatic rings. The predicted molar refractivity (Wildman–Crippen MR) is 105 cm³/mol. The van der Waals surface area contributed by atoms with Gasteiger partial charge >= 0.3 is 0 Å². The summed E-state index contributed by atoms with van der Waals surface area (Å²) in [5, 5.41) is 8.62. The standard InChI is InChI=1S/C21H28N2O2/c1-5-11-24-12-8-13-25-18-9-10-20-19(15-18)21(23-22-20)17(7-3)14-16(4)6-2/h6-7,9-10,14-15H,2,5,8,11-13H2,1,3-4H3,(H,22,23)/b16-14-,17-7+. The lowest BCUT2D eigenvalue weighted by molar-refractivity contribution is 0.120. The summed E-state index contributed by atoms with van der Waals surface area (Å²) in [6, 6.07) is 6.02. The summed E-state index contributed by atoms with van der Waals surface area (Å²) in [6.07, 6.45) is 7.92. The van der Waals surface area contributed by atoms with Crippen LogP contribution in [0.3, 0.4) is 0 Å². The van der Waals surface area contributed by atoms with Crippen LogP contribution in [0.5, 0.6) is 5.75 Å². The van der Waals surface area contributed by atoms with Crippen LogP contribution in [0.2, 0.25) is 0 Å². The van der Waals surface area contributed by atoms with E-state index in [-0.39, 0.29) is 0 Å². The van der Waals surface area contributed by atoms with Crippen molar-refractivity contribution in [3.8, 4) is 5.75 Å². The van der Waals surface area contributed by atoms with Gasteiger partial charge in [0.1, 0.15) is 5.75 Å². The van der Waals surface area contributed by atoms with Gasteiger partial charge in [-0.2, -0.15) is 5.10 Å². The molecule has 0 radical (unpaired) electrons. The lowest BCUT2D eigenvalue weighted by Gasteiger charge is -2.07. The molecule has 25 heavy (non-hydrogen) atoms. The van der Waals surface area contributed by atoms with Crippen LogP contribution in [-0.4, -0.2) is 30.0 Å². The quantitative estimate of drug-likeness (QED) is 0.472. The van der Waals surface area contributed by atoms with Crippen LogP contribution in [0, 0.1) is 0 Å². The summed E-state index contributed by atoms with van der Waals surface area (Å²) in [5.74, 6) is 0.852. The molecule has 0 atom stereocenters. The number of nitrogens with zero attached hydrogens (tertiary/aromatic N) is 1. The Hall–Kier alpha value is -2.33. The third-order valence-electron chi connectivity index (χ3n) is 3.87. The highest BCUT2D eigenvalue weighted by Crippen LogP contribution is 2.28. The van der Waals surface area contributed by atoms with Gasteiger partial charge in [0.25, 0.3) is 0 Å². The molecule has 0 fully saturated rings. The van der Waals surface area contributed by atoms with E-state index in [2.05, 4.69) is 35.9 Å². The fourth-order valence-corrected chi connectivity index (χ4v) is 2.49. The molecule has 1 heterocycles. The summed E-state index contributed by atoms with van der Waals surface area (Å²) >= 11 is 0. The Kier molecular flexibility index (Phi) is 7.48. The monoisotopic (exact) mass is 340 g/mol. The topological polar surface area (TPSA) is 47.1 Å². The van der Waals surface area contributed by atoms with Gasteiger partial charge in [0.05, 0.1) is 17.8 Å². The van der Waals surface area contributed by atoms with Crippen LogP contribution in [0.1, 0.15) is 39.3 Å². The molecule has 0 aliphatic carbocycles. The fourth-order valence-electron chi connectivity index (χ4n) is 2.49. The van der Waals surface area contributed by atoms with E-state index in [0.717, 1.165) is 59.5 Å². The Morgan fingerprint density at radius 1 is 1.28 bits per heavy atom. The molecular weight excluding hydrogens is 312 g/mol. The van der Waals surface area contributed by atoms with E-state index in [1.807, 2.05) is 38.1 Å². The molecule has 0 saturated heterocycles. The Morgan fingerprint density at radius 2 is 2.12 bits per heavy atom. The van der Waals surface area contributed by atoms with Gasteiger partial charge in [-0.3, -0.25) is 5.10 Å². The maximum absolute atomic E-state index is 5.86. The highest BCUT2D eigenvalue weighted by atomic mass is 16.5. The minimum atomic E-state index is 0.647. The van der Waals surface area contributed by atoms with Gasteiger partial charge in [-0.05, 0) is 44.0 Å². The molecule has 0 bridgehead atoms. The first-order chi connectivity index (χ1) is 12.2. The lowest BCUT2D eigenvalue weighted by atomic mass is 10.1. The van der Waals surface area contributed by atoms with Crippen molar-refractivity contribution in [2.45, 2.75) is 33.6 Å². The molecular formula is C21H28N2O2. The number of hydrogen-bond donors (Lipinski definition) is 1. The Bertz CT molecular complexity index is 756. The van der Waals surface area contributed by atoms with Gasteiger partial charge in [-0.15, -0.1) is 0 Å². The van der Waals surface area contributed by atoms with E-state index in [0.29, 0.717) is 6.61 Å². The largest absolute Gasteiger partial charge is 0.493 e. The van der Waals surface area contributed by atoms with E-state index in [1.54, 1.807) is 0 Å². The number of hydrogen-bond acceptors (Lipinski definition) is 3. The Balaban J connectivity index is 2.12. The molecule has 4 heteroatoms.